The minimum Gasteiger partial charge on any atom is -0.493 e. The lowest BCUT2D eigenvalue weighted by molar-refractivity contribution is 0.124. The molecule has 0 amide bonds. The lowest BCUT2D eigenvalue weighted by Crippen LogP contribution is -2.48. The summed E-state index contributed by atoms with van der Waals surface area (Å²) in [5, 5.41) is 6.96. The molecule has 0 bridgehead atoms. The van der Waals surface area contributed by atoms with Crippen LogP contribution in [0.15, 0.2) is 23.2 Å². The lowest BCUT2D eigenvalue weighted by atomic mass is 10.1. The molecule has 2 aliphatic rings. The summed E-state index contributed by atoms with van der Waals surface area (Å²) in [7, 11) is 1.83. The van der Waals surface area contributed by atoms with Gasteiger partial charge in [-0.3, -0.25) is 4.99 Å². The van der Waals surface area contributed by atoms with Crippen LogP contribution < -0.4 is 15.4 Å². The van der Waals surface area contributed by atoms with Crippen LogP contribution in [-0.4, -0.2) is 88.4 Å². The van der Waals surface area contributed by atoms with Gasteiger partial charge in [0.15, 0.2) is 5.96 Å². The third kappa shape index (κ3) is 7.94. The van der Waals surface area contributed by atoms with Gasteiger partial charge in [-0.1, -0.05) is 26.0 Å². The molecule has 0 radical (unpaired) electrons. The zero-order valence-electron chi connectivity index (χ0n) is 20.5. The SMILES string of the molecule is CCN1CCN(CC(C)CNC(=NC)NCc2ccc(C)cc2OCC2CCOC2)CC1. The normalized spacial score (nSPS) is 21.5. The standard InChI is InChI=1S/C25H43N5O2/c1-5-29-9-11-30(12-10-29)17-21(3)15-27-25(26-4)28-16-23-7-6-20(2)14-24(23)32-19-22-8-13-31-18-22/h6-7,14,21-22H,5,8-13,15-19H2,1-4H3,(H2,26,27,28). The molecule has 2 atom stereocenters. The van der Waals surface area contributed by atoms with Crippen molar-refractivity contribution in [2.24, 2.45) is 16.8 Å². The largest absolute Gasteiger partial charge is 0.493 e. The Balaban J connectivity index is 1.42. The van der Waals surface area contributed by atoms with Crippen molar-refractivity contribution >= 4 is 5.96 Å². The van der Waals surface area contributed by atoms with Gasteiger partial charge in [-0.25, -0.2) is 0 Å². The van der Waals surface area contributed by atoms with Crippen molar-refractivity contribution in [3.8, 4) is 5.75 Å². The Morgan fingerprint density at radius 3 is 2.69 bits per heavy atom. The number of nitrogens with one attached hydrogen (secondary N) is 2. The van der Waals surface area contributed by atoms with Crippen LogP contribution in [0.5, 0.6) is 5.75 Å². The number of guanidine groups is 1. The molecule has 3 rings (SSSR count). The number of likely N-dealkylation sites (N-methyl/N-ethyl adjacent to an activating group) is 1. The number of benzene rings is 1. The molecule has 0 aromatic heterocycles. The number of piperazine rings is 1. The molecule has 2 N–H and O–H groups in total. The zero-order chi connectivity index (χ0) is 22.8. The van der Waals surface area contributed by atoms with Crippen molar-refractivity contribution in [2.45, 2.75) is 33.7 Å². The van der Waals surface area contributed by atoms with Gasteiger partial charge in [0.05, 0.1) is 13.2 Å². The molecule has 0 aliphatic carbocycles. The summed E-state index contributed by atoms with van der Waals surface area (Å²) in [5.74, 6) is 2.86. The Kier molecular flexibility index (Phi) is 10.1. The van der Waals surface area contributed by atoms with Gasteiger partial charge in [0.25, 0.3) is 0 Å². The summed E-state index contributed by atoms with van der Waals surface area (Å²) in [5.41, 5.74) is 2.36. The molecule has 32 heavy (non-hydrogen) atoms. The Hall–Kier alpha value is -1.83. The second-order valence-corrected chi connectivity index (χ2v) is 9.30. The van der Waals surface area contributed by atoms with Crippen molar-refractivity contribution in [3.05, 3.63) is 29.3 Å². The highest BCUT2D eigenvalue weighted by Crippen LogP contribution is 2.22. The van der Waals surface area contributed by atoms with Gasteiger partial charge in [0.1, 0.15) is 5.75 Å². The number of hydrogen-bond acceptors (Lipinski definition) is 5. The smallest absolute Gasteiger partial charge is 0.191 e. The summed E-state index contributed by atoms with van der Waals surface area (Å²) < 4.78 is 11.7. The second kappa shape index (κ2) is 13.0. The van der Waals surface area contributed by atoms with Gasteiger partial charge in [-0.2, -0.15) is 0 Å². The van der Waals surface area contributed by atoms with E-state index in [4.69, 9.17) is 9.47 Å². The van der Waals surface area contributed by atoms with Crippen molar-refractivity contribution in [1.29, 1.82) is 0 Å². The first-order valence-electron chi connectivity index (χ1n) is 12.3. The van der Waals surface area contributed by atoms with Crippen molar-refractivity contribution in [1.82, 2.24) is 20.4 Å². The van der Waals surface area contributed by atoms with E-state index in [2.05, 4.69) is 64.4 Å². The lowest BCUT2D eigenvalue weighted by Gasteiger charge is -2.35. The van der Waals surface area contributed by atoms with E-state index in [0.717, 1.165) is 56.5 Å². The molecule has 0 saturated carbocycles. The molecule has 7 nitrogen and oxygen atoms in total. The van der Waals surface area contributed by atoms with Crippen LogP contribution in [0, 0.1) is 18.8 Å². The molecule has 2 saturated heterocycles. The van der Waals surface area contributed by atoms with Gasteiger partial charge in [0, 0.05) is 70.9 Å². The minimum absolute atomic E-state index is 0.497. The maximum Gasteiger partial charge on any atom is 0.191 e. The Bertz CT molecular complexity index is 712. The molecular formula is C25H43N5O2. The fourth-order valence-electron chi connectivity index (χ4n) is 4.33. The summed E-state index contributed by atoms with van der Waals surface area (Å²) in [6.45, 7) is 17.6. The molecule has 2 fully saturated rings. The second-order valence-electron chi connectivity index (χ2n) is 9.30. The van der Waals surface area contributed by atoms with Crippen LogP contribution in [0.3, 0.4) is 0 Å². The average molecular weight is 446 g/mol. The van der Waals surface area contributed by atoms with E-state index in [0.29, 0.717) is 25.0 Å². The van der Waals surface area contributed by atoms with Crippen LogP contribution in [0.1, 0.15) is 31.4 Å². The van der Waals surface area contributed by atoms with E-state index < -0.39 is 0 Å². The fourth-order valence-corrected chi connectivity index (χ4v) is 4.33. The Morgan fingerprint density at radius 2 is 2.00 bits per heavy atom. The first-order chi connectivity index (χ1) is 15.6. The maximum absolute atomic E-state index is 6.18. The Morgan fingerprint density at radius 1 is 1.22 bits per heavy atom. The van der Waals surface area contributed by atoms with Gasteiger partial charge >= 0.3 is 0 Å². The van der Waals surface area contributed by atoms with Crippen LogP contribution >= 0.6 is 0 Å². The van der Waals surface area contributed by atoms with Crippen LogP contribution in [-0.2, 0) is 11.3 Å². The number of rotatable bonds is 10. The summed E-state index contributed by atoms with van der Waals surface area (Å²) in [6.07, 6.45) is 1.09. The third-order valence-electron chi connectivity index (χ3n) is 6.49. The monoisotopic (exact) mass is 445 g/mol. The molecular weight excluding hydrogens is 402 g/mol. The average Bonchev–Trinajstić information content (AvgIpc) is 3.33. The predicted octanol–water partition coefficient (Wildman–Crippen LogP) is 2.35. The van der Waals surface area contributed by atoms with E-state index >= 15 is 0 Å². The topological polar surface area (TPSA) is 61.4 Å². The number of aryl methyl sites for hydroxylation is 1. The van der Waals surface area contributed by atoms with E-state index in [9.17, 15) is 0 Å². The first-order valence-corrected chi connectivity index (χ1v) is 12.3. The van der Waals surface area contributed by atoms with Gasteiger partial charge in [-0.15, -0.1) is 0 Å². The highest BCUT2D eigenvalue weighted by atomic mass is 16.5. The zero-order valence-corrected chi connectivity index (χ0v) is 20.5. The molecule has 2 aliphatic heterocycles. The molecule has 0 spiro atoms. The van der Waals surface area contributed by atoms with Gasteiger partial charge in [-0.05, 0) is 37.4 Å². The molecule has 2 heterocycles. The molecule has 1 aromatic rings. The van der Waals surface area contributed by atoms with Crippen LogP contribution in [0.2, 0.25) is 0 Å². The highest BCUT2D eigenvalue weighted by molar-refractivity contribution is 5.79. The molecule has 1 aromatic carbocycles. The van der Waals surface area contributed by atoms with Crippen molar-refractivity contribution in [2.75, 3.05) is 72.7 Å². The fraction of sp³-hybridized carbons (Fsp3) is 0.720. The summed E-state index contributed by atoms with van der Waals surface area (Å²) in [4.78, 5) is 9.52. The minimum atomic E-state index is 0.497. The van der Waals surface area contributed by atoms with E-state index in [-0.39, 0.29) is 0 Å². The Labute approximate surface area is 194 Å². The summed E-state index contributed by atoms with van der Waals surface area (Å²) >= 11 is 0. The molecule has 180 valence electrons. The summed E-state index contributed by atoms with van der Waals surface area (Å²) in [6, 6.07) is 6.41. The van der Waals surface area contributed by atoms with Gasteiger partial charge in [0.2, 0.25) is 0 Å². The predicted molar refractivity (Wildman–Crippen MR) is 132 cm³/mol. The van der Waals surface area contributed by atoms with Crippen LogP contribution in [0.25, 0.3) is 0 Å². The number of nitrogens with zero attached hydrogens (tertiary/aromatic N) is 3. The van der Waals surface area contributed by atoms with Gasteiger partial charge < -0.3 is 29.9 Å². The number of aliphatic imine (C=N–C) groups is 1. The number of ether oxygens (including phenoxy) is 2. The quantitative estimate of drug-likeness (QED) is 0.426. The third-order valence-corrected chi connectivity index (χ3v) is 6.49. The van der Waals surface area contributed by atoms with Crippen molar-refractivity contribution < 1.29 is 9.47 Å². The van der Waals surface area contributed by atoms with Crippen molar-refractivity contribution in [3.63, 3.8) is 0 Å². The van der Waals surface area contributed by atoms with Crippen LogP contribution in [0.4, 0.5) is 0 Å². The maximum atomic E-state index is 6.18. The highest BCUT2D eigenvalue weighted by Gasteiger charge is 2.18. The first kappa shape index (κ1) is 24.8. The molecule has 2 unspecified atom stereocenters. The van der Waals surface area contributed by atoms with E-state index in [1.54, 1.807) is 0 Å². The van der Waals surface area contributed by atoms with E-state index in [1.165, 1.54) is 31.7 Å². The van der Waals surface area contributed by atoms with E-state index in [1.807, 2.05) is 7.05 Å². The number of hydrogen-bond donors (Lipinski definition) is 2. The molecule has 7 heteroatoms.